The number of nitrogens with zero attached hydrogens (tertiary/aromatic N) is 4. The van der Waals surface area contributed by atoms with E-state index >= 15 is 0 Å². The number of carbonyl (C=O) groups is 1. The van der Waals surface area contributed by atoms with E-state index in [9.17, 15) is 4.79 Å². The zero-order valence-electron chi connectivity index (χ0n) is 13.5. The van der Waals surface area contributed by atoms with Crippen molar-refractivity contribution in [1.29, 1.82) is 0 Å². The molecule has 1 aliphatic rings. The SMILES string of the molecule is CN(c1cncc(Cl)n1)C1CCN(C(=O)OC(C)(C)C)CC1. The van der Waals surface area contributed by atoms with Gasteiger partial charge < -0.3 is 14.5 Å². The van der Waals surface area contributed by atoms with Gasteiger partial charge in [-0.1, -0.05) is 11.6 Å². The van der Waals surface area contributed by atoms with Crippen molar-refractivity contribution < 1.29 is 9.53 Å². The standard InChI is InChI=1S/C15H23ClN4O2/c1-15(2,3)22-14(21)20-7-5-11(6-8-20)19(4)13-10-17-9-12(16)18-13/h9-11H,5-8H2,1-4H3. The van der Waals surface area contributed by atoms with Gasteiger partial charge in [0.15, 0.2) is 0 Å². The summed E-state index contributed by atoms with van der Waals surface area (Å²) in [6, 6.07) is 0.312. The summed E-state index contributed by atoms with van der Waals surface area (Å²) in [5.74, 6) is 0.753. The molecule has 6 nitrogen and oxygen atoms in total. The van der Waals surface area contributed by atoms with Crippen LogP contribution in [0.25, 0.3) is 0 Å². The zero-order valence-corrected chi connectivity index (χ0v) is 14.3. The fraction of sp³-hybridized carbons (Fsp3) is 0.667. The molecule has 2 heterocycles. The second kappa shape index (κ2) is 6.69. The van der Waals surface area contributed by atoms with Gasteiger partial charge in [0.25, 0.3) is 0 Å². The molecule has 0 radical (unpaired) electrons. The number of anilines is 1. The molecule has 0 atom stereocenters. The smallest absolute Gasteiger partial charge is 0.410 e. The van der Waals surface area contributed by atoms with Crippen LogP contribution >= 0.6 is 11.6 Å². The number of amides is 1. The molecule has 1 fully saturated rings. The summed E-state index contributed by atoms with van der Waals surface area (Å²) >= 11 is 5.88. The van der Waals surface area contributed by atoms with Gasteiger partial charge in [-0.25, -0.2) is 9.78 Å². The lowest BCUT2D eigenvalue weighted by Gasteiger charge is -2.37. The van der Waals surface area contributed by atoms with Crippen molar-refractivity contribution in [2.24, 2.45) is 0 Å². The van der Waals surface area contributed by atoms with E-state index in [1.165, 1.54) is 6.20 Å². The highest BCUT2D eigenvalue weighted by molar-refractivity contribution is 6.29. The maximum absolute atomic E-state index is 12.1. The Balaban J connectivity index is 1.90. The maximum atomic E-state index is 12.1. The molecule has 1 aromatic rings. The minimum Gasteiger partial charge on any atom is -0.444 e. The summed E-state index contributed by atoms with van der Waals surface area (Å²) in [6.45, 7) is 6.99. The highest BCUT2D eigenvalue weighted by atomic mass is 35.5. The van der Waals surface area contributed by atoms with Crippen molar-refractivity contribution in [2.75, 3.05) is 25.0 Å². The molecule has 1 saturated heterocycles. The van der Waals surface area contributed by atoms with E-state index in [2.05, 4.69) is 14.9 Å². The second-order valence-corrected chi connectivity index (χ2v) is 6.90. The number of likely N-dealkylation sites (tertiary alicyclic amines) is 1. The van der Waals surface area contributed by atoms with E-state index in [-0.39, 0.29) is 6.09 Å². The highest BCUT2D eigenvalue weighted by Gasteiger charge is 2.28. The fourth-order valence-electron chi connectivity index (χ4n) is 2.45. The van der Waals surface area contributed by atoms with Crippen LogP contribution in [0, 0.1) is 0 Å². The molecule has 0 saturated carbocycles. The Bertz CT molecular complexity index is 525. The van der Waals surface area contributed by atoms with Crippen LogP contribution in [-0.4, -0.2) is 52.7 Å². The largest absolute Gasteiger partial charge is 0.444 e. The maximum Gasteiger partial charge on any atom is 0.410 e. The minimum atomic E-state index is -0.457. The van der Waals surface area contributed by atoms with Gasteiger partial charge in [0, 0.05) is 26.2 Å². The first-order valence-electron chi connectivity index (χ1n) is 7.44. The number of ether oxygens (including phenoxy) is 1. The Morgan fingerprint density at radius 1 is 1.36 bits per heavy atom. The first kappa shape index (κ1) is 16.8. The van der Waals surface area contributed by atoms with Crippen molar-refractivity contribution in [1.82, 2.24) is 14.9 Å². The van der Waals surface area contributed by atoms with Gasteiger partial charge >= 0.3 is 6.09 Å². The van der Waals surface area contributed by atoms with E-state index in [4.69, 9.17) is 16.3 Å². The quantitative estimate of drug-likeness (QED) is 0.836. The summed E-state index contributed by atoms with van der Waals surface area (Å²) in [4.78, 5) is 24.2. The number of hydrogen-bond acceptors (Lipinski definition) is 5. The average molecular weight is 327 g/mol. The van der Waals surface area contributed by atoms with Gasteiger partial charge in [0.1, 0.15) is 16.6 Å². The number of halogens is 1. The van der Waals surface area contributed by atoms with Crippen LogP contribution in [0.15, 0.2) is 12.4 Å². The van der Waals surface area contributed by atoms with Crippen LogP contribution in [0.5, 0.6) is 0 Å². The van der Waals surface area contributed by atoms with Gasteiger partial charge in [0.05, 0.1) is 12.4 Å². The molecule has 7 heteroatoms. The molecule has 0 aromatic carbocycles. The predicted molar refractivity (Wildman–Crippen MR) is 86.3 cm³/mol. The molecule has 0 N–H and O–H groups in total. The number of piperidine rings is 1. The summed E-state index contributed by atoms with van der Waals surface area (Å²) in [7, 11) is 1.98. The van der Waals surface area contributed by atoms with E-state index in [0.29, 0.717) is 24.3 Å². The molecule has 0 bridgehead atoms. The molecule has 1 aliphatic heterocycles. The molecule has 1 amide bonds. The number of carbonyl (C=O) groups excluding carboxylic acids is 1. The predicted octanol–water partition coefficient (Wildman–Crippen LogP) is 2.97. The lowest BCUT2D eigenvalue weighted by Crippen LogP contribution is -2.47. The van der Waals surface area contributed by atoms with Crippen LogP contribution in [-0.2, 0) is 4.74 Å². The van der Waals surface area contributed by atoms with E-state index < -0.39 is 5.60 Å². The lowest BCUT2D eigenvalue weighted by molar-refractivity contribution is 0.0205. The molecular weight excluding hydrogens is 304 g/mol. The third kappa shape index (κ3) is 4.47. The Morgan fingerprint density at radius 3 is 2.55 bits per heavy atom. The Morgan fingerprint density at radius 2 is 2.00 bits per heavy atom. The third-order valence-corrected chi connectivity index (χ3v) is 3.80. The second-order valence-electron chi connectivity index (χ2n) is 6.51. The first-order chi connectivity index (χ1) is 10.3. The summed E-state index contributed by atoms with van der Waals surface area (Å²) < 4.78 is 5.41. The summed E-state index contributed by atoms with van der Waals surface area (Å²) in [5.41, 5.74) is -0.457. The highest BCUT2D eigenvalue weighted by Crippen LogP contribution is 2.22. The molecule has 22 heavy (non-hydrogen) atoms. The molecule has 122 valence electrons. The lowest BCUT2D eigenvalue weighted by atomic mass is 10.0. The van der Waals surface area contributed by atoms with Crippen molar-refractivity contribution in [3.63, 3.8) is 0 Å². The van der Waals surface area contributed by atoms with Crippen molar-refractivity contribution in [2.45, 2.75) is 45.3 Å². The van der Waals surface area contributed by atoms with E-state index in [0.717, 1.165) is 18.7 Å². The minimum absolute atomic E-state index is 0.240. The van der Waals surface area contributed by atoms with Gasteiger partial charge in [-0.15, -0.1) is 0 Å². The Kier molecular flexibility index (Phi) is 5.11. The Labute approximate surface area is 136 Å². The van der Waals surface area contributed by atoms with Crippen LogP contribution in [0.3, 0.4) is 0 Å². The van der Waals surface area contributed by atoms with Crippen molar-refractivity contribution in [3.05, 3.63) is 17.5 Å². The number of aromatic nitrogens is 2. The van der Waals surface area contributed by atoms with Crippen LogP contribution in [0.4, 0.5) is 10.6 Å². The van der Waals surface area contributed by atoms with Gasteiger partial charge in [0.2, 0.25) is 0 Å². The molecule has 0 aliphatic carbocycles. The van der Waals surface area contributed by atoms with Gasteiger partial charge in [-0.3, -0.25) is 4.98 Å². The average Bonchev–Trinajstić information content (AvgIpc) is 2.45. The number of hydrogen-bond donors (Lipinski definition) is 0. The first-order valence-corrected chi connectivity index (χ1v) is 7.82. The Hall–Kier alpha value is -1.56. The zero-order chi connectivity index (χ0) is 16.3. The van der Waals surface area contributed by atoms with Crippen LogP contribution in [0.2, 0.25) is 5.15 Å². The number of rotatable bonds is 2. The normalized spacial score (nSPS) is 16.5. The fourth-order valence-corrected chi connectivity index (χ4v) is 2.59. The molecular formula is C15H23ClN4O2. The molecule has 0 spiro atoms. The summed E-state index contributed by atoms with van der Waals surface area (Å²) in [5, 5.41) is 0.385. The summed E-state index contributed by atoms with van der Waals surface area (Å²) in [6.07, 6.45) is 4.71. The molecule has 2 rings (SSSR count). The molecule has 0 unspecified atom stereocenters. The van der Waals surface area contributed by atoms with E-state index in [1.807, 2.05) is 27.8 Å². The van der Waals surface area contributed by atoms with E-state index in [1.54, 1.807) is 11.1 Å². The van der Waals surface area contributed by atoms with Gasteiger partial charge in [-0.2, -0.15) is 0 Å². The van der Waals surface area contributed by atoms with Crippen LogP contribution in [0.1, 0.15) is 33.6 Å². The third-order valence-electron chi connectivity index (χ3n) is 3.62. The van der Waals surface area contributed by atoms with Crippen molar-refractivity contribution >= 4 is 23.5 Å². The van der Waals surface area contributed by atoms with Crippen LogP contribution < -0.4 is 4.90 Å². The molecule has 1 aromatic heterocycles. The van der Waals surface area contributed by atoms with Gasteiger partial charge in [-0.05, 0) is 33.6 Å². The topological polar surface area (TPSA) is 58.6 Å². The van der Waals surface area contributed by atoms with Crippen molar-refractivity contribution in [3.8, 4) is 0 Å². The monoisotopic (exact) mass is 326 g/mol.